The van der Waals surface area contributed by atoms with Crippen molar-refractivity contribution in [3.8, 4) is 0 Å². The number of hydrogen-bond donors (Lipinski definition) is 0. The molecule has 0 aromatic heterocycles. The zero-order valence-electron chi connectivity index (χ0n) is 10.7. The van der Waals surface area contributed by atoms with Crippen molar-refractivity contribution >= 4 is 45.0 Å². The average molecular weight is 355 g/mol. The molecule has 4 rings (SSSR count). The Labute approximate surface area is 130 Å². The van der Waals surface area contributed by atoms with Crippen LogP contribution in [0.2, 0.25) is 5.02 Å². The second kappa shape index (κ2) is 4.31. The average Bonchev–Trinajstić information content (AvgIpc) is 3.08. The highest BCUT2D eigenvalue weighted by Gasteiger charge is 2.61. The third-order valence-electron chi connectivity index (χ3n) is 5.09. The predicted molar refractivity (Wildman–Crippen MR) is 79.5 cm³/mol. The van der Waals surface area contributed by atoms with Crippen LogP contribution in [0, 0.1) is 23.7 Å². The van der Waals surface area contributed by atoms with Gasteiger partial charge in [-0.25, -0.2) is 4.90 Å². The molecule has 1 aromatic carbocycles. The summed E-state index contributed by atoms with van der Waals surface area (Å²) >= 11 is 9.41. The molecule has 5 heteroatoms. The Morgan fingerprint density at radius 2 is 1.70 bits per heavy atom. The van der Waals surface area contributed by atoms with E-state index in [1.807, 2.05) is 0 Å². The van der Waals surface area contributed by atoms with E-state index >= 15 is 0 Å². The van der Waals surface area contributed by atoms with Crippen LogP contribution in [0.25, 0.3) is 0 Å². The molecule has 1 aromatic rings. The maximum Gasteiger partial charge on any atom is 0.237 e. The lowest BCUT2D eigenvalue weighted by atomic mass is 9.81. The third kappa shape index (κ3) is 1.58. The van der Waals surface area contributed by atoms with Gasteiger partial charge in [-0.15, -0.1) is 0 Å². The molecule has 0 spiro atoms. The molecule has 3 aliphatic rings. The zero-order valence-corrected chi connectivity index (χ0v) is 13.0. The normalized spacial score (nSPS) is 35.0. The molecule has 0 radical (unpaired) electrons. The molecule has 2 aliphatic carbocycles. The van der Waals surface area contributed by atoms with Gasteiger partial charge in [0.1, 0.15) is 0 Å². The molecule has 2 bridgehead atoms. The predicted octanol–water partition coefficient (Wildman–Crippen LogP) is 3.64. The first-order valence-corrected chi connectivity index (χ1v) is 8.08. The maximum absolute atomic E-state index is 12.6. The fourth-order valence-corrected chi connectivity index (χ4v) is 4.71. The van der Waals surface area contributed by atoms with Crippen molar-refractivity contribution in [1.29, 1.82) is 0 Å². The smallest absolute Gasteiger partial charge is 0.237 e. The van der Waals surface area contributed by atoms with Gasteiger partial charge >= 0.3 is 0 Å². The molecule has 1 heterocycles. The number of hydrogen-bond acceptors (Lipinski definition) is 2. The van der Waals surface area contributed by atoms with Crippen molar-refractivity contribution in [2.24, 2.45) is 23.7 Å². The highest BCUT2D eigenvalue weighted by Crippen LogP contribution is 2.56. The minimum Gasteiger partial charge on any atom is -0.274 e. The zero-order chi connectivity index (χ0) is 14.0. The summed E-state index contributed by atoms with van der Waals surface area (Å²) in [4.78, 5) is 26.6. The molecular formula is C15H13BrClNO2. The number of carbonyl (C=O) groups excluding carboxylic acids is 2. The Kier molecular flexibility index (Phi) is 2.77. The highest BCUT2D eigenvalue weighted by atomic mass is 79.9. The van der Waals surface area contributed by atoms with E-state index in [9.17, 15) is 9.59 Å². The van der Waals surface area contributed by atoms with E-state index in [1.165, 1.54) is 4.90 Å². The fourth-order valence-electron chi connectivity index (χ4n) is 4.29. The summed E-state index contributed by atoms with van der Waals surface area (Å²) in [6.45, 7) is 0. The summed E-state index contributed by atoms with van der Waals surface area (Å²) in [6, 6.07) is 5.24. The number of rotatable bonds is 1. The van der Waals surface area contributed by atoms with Crippen molar-refractivity contribution in [1.82, 2.24) is 0 Å². The summed E-state index contributed by atoms with van der Waals surface area (Å²) in [5, 5.41) is 0.517. The molecule has 104 valence electrons. The molecule has 3 fully saturated rings. The molecule has 3 nitrogen and oxygen atoms in total. The third-order valence-corrected chi connectivity index (χ3v) is 6.32. The number of benzene rings is 1. The topological polar surface area (TPSA) is 37.4 Å². The maximum atomic E-state index is 12.6. The van der Waals surface area contributed by atoms with E-state index in [0.717, 1.165) is 23.7 Å². The fraction of sp³-hybridized carbons (Fsp3) is 0.467. The Hall–Kier alpha value is -0.870. The number of nitrogens with zero attached hydrogens (tertiary/aromatic N) is 1. The second-order valence-electron chi connectivity index (χ2n) is 6.00. The van der Waals surface area contributed by atoms with Gasteiger partial charge in [0.25, 0.3) is 0 Å². The van der Waals surface area contributed by atoms with Crippen molar-refractivity contribution in [3.05, 3.63) is 27.7 Å². The van der Waals surface area contributed by atoms with Gasteiger partial charge in [0, 0.05) is 4.47 Å². The second-order valence-corrected chi connectivity index (χ2v) is 7.26. The van der Waals surface area contributed by atoms with Crippen LogP contribution in [0.3, 0.4) is 0 Å². The largest absolute Gasteiger partial charge is 0.274 e. The van der Waals surface area contributed by atoms with Crippen molar-refractivity contribution in [2.75, 3.05) is 4.90 Å². The Balaban J connectivity index is 1.74. The molecule has 1 aliphatic heterocycles. The summed E-state index contributed by atoms with van der Waals surface area (Å²) in [5.41, 5.74) is 0.599. The van der Waals surface area contributed by atoms with E-state index in [-0.39, 0.29) is 23.7 Å². The minimum atomic E-state index is -0.0799. The van der Waals surface area contributed by atoms with Gasteiger partial charge in [-0.05, 0) is 65.2 Å². The first-order chi connectivity index (χ1) is 9.58. The Morgan fingerprint density at radius 3 is 2.25 bits per heavy atom. The van der Waals surface area contributed by atoms with Gasteiger partial charge in [0.2, 0.25) is 11.8 Å². The van der Waals surface area contributed by atoms with Crippen molar-refractivity contribution < 1.29 is 9.59 Å². The van der Waals surface area contributed by atoms with Gasteiger partial charge in [-0.1, -0.05) is 11.6 Å². The Bertz CT molecular complexity index is 604. The SMILES string of the molecule is O=C1[C@@H]2[C@H]3CC[C@@H](C3)[C@@H]2C(=O)N1c1ccc(Br)c(Cl)c1. The van der Waals surface area contributed by atoms with Crippen LogP contribution in [0.5, 0.6) is 0 Å². The van der Waals surface area contributed by atoms with Crippen molar-refractivity contribution in [2.45, 2.75) is 19.3 Å². The number of halogens is 2. The molecule has 2 amide bonds. The van der Waals surface area contributed by atoms with E-state index in [2.05, 4.69) is 15.9 Å². The first-order valence-electron chi connectivity index (χ1n) is 6.91. The summed E-state index contributed by atoms with van der Waals surface area (Å²) in [7, 11) is 0. The highest BCUT2D eigenvalue weighted by molar-refractivity contribution is 9.10. The van der Waals surface area contributed by atoms with Crippen LogP contribution in [0.4, 0.5) is 5.69 Å². The molecular weight excluding hydrogens is 342 g/mol. The summed E-state index contributed by atoms with van der Waals surface area (Å²) in [5.74, 6) is 0.623. The van der Waals surface area contributed by atoms with Crippen LogP contribution in [-0.2, 0) is 9.59 Å². The standard InChI is InChI=1S/C15H13BrClNO2/c16-10-4-3-9(6-11(10)17)18-14(19)12-7-1-2-8(5-7)13(12)15(18)20/h3-4,6-8,12-13H,1-2,5H2/t7-,8-,12-,13+/m0/s1. The van der Waals surface area contributed by atoms with E-state index in [1.54, 1.807) is 18.2 Å². The molecule has 20 heavy (non-hydrogen) atoms. The number of imide groups is 1. The monoisotopic (exact) mass is 353 g/mol. The first kappa shape index (κ1) is 12.8. The van der Waals surface area contributed by atoms with Crippen LogP contribution >= 0.6 is 27.5 Å². The van der Waals surface area contributed by atoms with Crippen LogP contribution < -0.4 is 4.90 Å². The van der Waals surface area contributed by atoms with Crippen molar-refractivity contribution in [3.63, 3.8) is 0 Å². The van der Waals surface area contributed by atoms with E-state index in [4.69, 9.17) is 11.6 Å². The summed E-state index contributed by atoms with van der Waals surface area (Å²) in [6.07, 6.45) is 3.25. The van der Waals surface area contributed by atoms with Gasteiger partial charge in [0.15, 0.2) is 0 Å². The Morgan fingerprint density at radius 1 is 1.10 bits per heavy atom. The molecule has 4 atom stereocenters. The van der Waals surface area contributed by atoms with Gasteiger partial charge in [-0.3, -0.25) is 9.59 Å². The van der Waals surface area contributed by atoms with E-state index in [0.29, 0.717) is 22.5 Å². The molecule has 2 saturated carbocycles. The lowest BCUT2D eigenvalue weighted by Crippen LogP contribution is -2.32. The number of fused-ring (bicyclic) bond motifs is 5. The van der Waals surface area contributed by atoms with Crippen LogP contribution in [-0.4, -0.2) is 11.8 Å². The minimum absolute atomic E-state index is 0.0226. The lowest BCUT2D eigenvalue weighted by Gasteiger charge is -2.19. The van der Waals surface area contributed by atoms with Gasteiger partial charge < -0.3 is 0 Å². The number of anilines is 1. The number of amides is 2. The lowest BCUT2D eigenvalue weighted by molar-refractivity contribution is -0.123. The number of carbonyl (C=O) groups is 2. The van der Waals surface area contributed by atoms with Gasteiger partial charge in [-0.2, -0.15) is 0 Å². The van der Waals surface area contributed by atoms with Crippen LogP contribution in [0.1, 0.15) is 19.3 Å². The molecule has 1 saturated heterocycles. The molecule has 0 N–H and O–H groups in total. The molecule has 0 unspecified atom stereocenters. The van der Waals surface area contributed by atoms with Gasteiger partial charge in [0.05, 0.1) is 22.5 Å². The summed E-state index contributed by atoms with van der Waals surface area (Å²) < 4.78 is 0.766. The van der Waals surface area contributed by atoms with Crippen LogP contribution in [0.15, 0.2) is 22.7 Å². The van der Waals surface area contributed by atoms with E-state index < -0.39 is 0 Å². The quantitative estimate of drug-likeness (QED) is 0.722.